The van der Waals surface area contributed by atoms with Crippen LogP contribution in [0.25, 0.3) is 0 Å². The first kappa shape index (κ1) is 18.6. The number of alkyl halides is 3. The van der Waals surface area contributed by atoms with Crippen LogP contribution in [0.5, 0.6) is 0 Å². The van der Waals surface area contributed by atoms with Crippen LogP contribution in [-0.2, 0) is 14.6 Å². The molecule has 1 saturated heterocycles. The van der Waals surface area contributed by atoms with Gasteiger partial charge in [0, 0.05) is 25.6 Å². The van der Waals surface area contributed by atoms with E-state index in [1.54, 1.807) is 4.90 Å². The lowest BCUT2D eigenvalue weighted by Gasteiger charge is -2.34. The highest BCUT2D eigenvalue weighted by molar-refractivity contribution is 7.92. The summed E-state index contributed by atoms with van der Waals surface area (Å²) in [7, 11) is -5.42. The van der Waals surface area contributed by atoms with Crippen molar-refractivity contribution in [3.8, 4) is 0 Å². The fraction of sp³-hybridized carbons (Fsp3) is 0.533. The zero-order valence-electron chi connectivity index (χ0n) is 13.1. The Kier molecular flexibility index (Phi) is 5.42. The Morgan fingerprint density at radius 2 is 1.83 bits per heavy atom. The van der Waals surface area contributed by atoms with Crippen molar-refractivity contribution in [2.75, 3.05) is 24.5 Å². The molecule has 0 unspecified atom stereocenters. The summed E-state index contributed by atoms with van der Waals surface area (Å²) < 4.78 is 62.1. The van der Waals surface area contributed by atoms with E-state index in [4.69, 9.17) is 0 Å². The molecule has 1 aliphatic rings. The van der Waals surface area contributed by atoms with Gasteiger partial charge in [0.2, 0.25) is 5.91 Å². The molecule has 1 heterocycles. The fourth-order valence-electron chi connectivity index (χ4n) is 2.77. The number of sulfone groups is 1. The highest BCUT2D eigenvalue weighted by atomic mass is 32.2. The van der Waals surface area contributed by atoms with Crippen molar-refractivity contribution in [1.82, 2.24) is 5.32 Å². The SMILES string of the molecule is CCNC(=O)C1CCN(c2ccccc2S(=O)(=O)C(F)(F)F)CC1. The predicted octanol–water partition coefficient (Wildman–Crippen LogP) is 2.33. The molecule has 0 aliphatic carbocycles. The van der Waals surface area contributed by atoms with Crippen LogP contribution in [0.2, 0.25) is 0 Å². The Hall–Kier alpha value is -1.77. The topological polar surface area (TPSA) is 66.5 Å². The van der Waals surface area contributed by atoms with Crippen molar-refractivity contribution < 1.29 is 26.4 Å². The van der Waals surface area contributed by atoms with Crippen LogP contribution >= 0.6 is 0 Å². The number of nitrogens with one attached hydrogen (secondary N) is 1. The van der Waals surface area contributed by atoms with Gasteiger partial charge >= 0.3 is 5.51 Å². The average Bonchev–Trinajstić information content (AvgIpc) is 2.54. The third-order valence-electron chi connectivity index (χ3n) is 4.02. The molecular weight excluding hydrogens is 345 g/mol. The average molecular weight is 364 g/mol. The van der Waals surface area contributed by atoms with E-state index in [1.807, 2.05) is 6.92 Å². The van der Waals surface area contributed by atoms with E-state index >= 15 is 0 Å². The van der Waals surface area contributed by atoms with Gasteiger partial charge in [0.25, 0.3) is 9.84 Å². The van der Waals surface area contributed by atoms with Crippen LogP contribution in [0, 0.1) is 5.92 Å². The molecule has 1 aromatic rings. The number of nitrogens with zero attached hydrogens (tertiary/aromatic N) is 1. The van der Waals surface area contributed by atoms with Gasteiger partial charge < -0.3 is 10.2 Å². The molecule has 1 amide bonds. The fourth-order valence-corrected chi connectivity index (χ4v) is 3.75. The minimum absolute atomic E-state index is 0.0316. The second kappa shape index (κ2) is 7.00. The molecule has 134 valence electrons. The van der Waals surface area contributed by atoms with Gasteiger partial charge in [-0.15, -0.1) is 0 Å². The smallest absolute Gasteiger partial charge is 0.370 e. The summed E-state index contributed by atoms with van der Waals surface area (Å²) in [5.74, 6) is -0.277. The summed E-state index contributed by atoms with van der Waals surface area (Å²) in [6, 6.07) is 5.10. The second-order valence-electron chi connectivity index (χ2n) is 5.57. The summed E-state index contributed by atoms with van der Waals surface area (Å²) >= 11 is 0. The van der Waals surface area contributed by atoms with E-state index in [-0.39, 0.29) is 17.5 Å². The quantitative estimate of drug-likeness (QED) is 0.891. The molecule has 5 nitrogen and oxygen atoms in total. The minimum atomic E-state index is -5.42. The van der Waals surface area contributed by atoms with Crippen LogP contribution in [-0.4, -0.2) is 39.5 Å². The van der Waals surface area contributed by atoms with Crippen molar-refractivity contribution in [3.63, 3.8) is 0 Å². The number of carbonyl (C=O) groups is 1. The number of para-hydroxylation sites is 1. The first-order chi connectivity index (χ1) is 11.2. The van der Waals surface area contributed by atoms with Gasteiger partial charge in [-0.25, -0.2) is 8.42 Å². The van der Waals surface area contributed by atoms with E-state index in [0.29, 0.717) is 32.5 Å². The molecule has 1 aromatic carbocycles. The summed E-state index contributed by atoms with van der Waals surface area (Å²) in [5, 5.41) is 2.72. The molecule has 2 rings (SSSR count). The van der Waals surface area contributed by atoms with Crippen molar-refractivity contribution >= 4 is 21.4 Å². The maximum absolute atomic E-state index is 12.9. The molecule has 1 aliphatic heterocycles. The molecule has 0 bridgehead atoms. The number of rotatable bonds is 4. The highest BCUT2D eigenvalue weighted by Gasteiger charge is 2.48. The Morgan fingerprint density at radius 3 is 2.38 bits per heavy atom. The first-order valence-corrected chi connectivity index (χ1v) is 9.10. The monoisotopic (exact) mass is 364 g/mol. The minimum Gasteiger partial charge on any atom is -0.370 e. The number of amides is 1. The number of halogens is 3. The summed E-state index contributed by atoms with van der Waals surface area (Å²) in [6.07, 6.45) is 0.929. The van der Waals surface area contributed by atoms with Crippen LogP contribution in [0.4, 0.5) is 18.9 Å². The molecule has 0 radical (unpaired) electrons. The molecule has 0 atom stereocenters. The highest BCUT2D eigenvalue weighted by Crippen LogP contribution is 2.36. The Labute approximate surface area is 138 Å². The summed E-state index contributed by atoms with van der Waals surface area (Å²) in [5.41, 5.74) is -5.31. The van der Waals surface area contributed by atoms with E-state index in [0.717, 1.165) is 6.07 Å². The number of hydrogen-bond acceptors (Lipinski definition) is 4. The third-order valence-corrected chi connectivity index (χ3v) is 5.55. The van der Waals surface area contributed by atoms with Crippen LogP contribution < -0.4 is 10.2 Å². The third kappa shape index (κ3) is 3.66. The largest absolute Gasteiger partial charge is 0.501 e. The van der Waals surface area contributed by atoms with Crippen LogP contribution in [0.3, 0.4) is 0 Å². The van der Waals surface area contributed by atoms with Crippen LogP contribution in [0.1, 0.15) is 19.8 Å². The molecule has 0 aromatic heterocycles. The Bertz CT molecular complexity index is 696. The zero-order valence-corrected chi connectivity index (χ0v) is 14.0. The van der Waals surface area contributed by atoms with Gasteiger partial charge in [-0.3, -0.25) is 4.79 Å². The number of hydrogen-bond donors (Lipinski definition) is 1. The van der Waals surface area contributed by atoms with Gasteiger partial charge in [-0.1, -0.05) is 12.1 Å². The van der Waals surface area contributed by atoms with E-state index in [9.17, 15) is 26.4 Å². The zero-order chi connectivity index (χ0) is 18.0. The predicted molar refractivity (Wildman–Crippen MR) is 83.3 cm³/mol. The number of anilines is 1. The van der Waals surface area contributed by atoms with Crippen molar-refractivity contribution in [2.24, 2.45) is 5.92 Å². The lowest BCUT2D eigenvalue weighted by Crippen LogP contribution is -2.41. The van der Waals surface area contributed by atoms with E-state index < -0.39 is 20.2 Å². The standard InChI is InChI=1S/C15H19F3N2O3S/c1-2-19-14(21)11-7-9-20(10-8-11)12-5-3-4-6-13(12)24(22,23)15(16,17)18/h3-6,11H,2,7-10H2,1H3,(H,19,21). The van der Waals surface area contributed by atoms with Gasteiger partial charge in [0.15, 0.2) is 0 Å². The number of carbonyl (C=O) groups excluding carboxylic acids is 1. The Balaban J connectivity index is 2.22. The van der Waals surface area contributed by atoms with Crippen molar-refractivity contribution in [1.29, 1.82) is 0 Å². The molecule has 1 fully saturated rings. The number of benzene rings is 1. The van der Waals surface area contributed by atoms with Gasteiger partial charge in [-0.2, -0.15) is 13.2 Å². The molecule has 24 heavy (non-hydrogen) atoms. The lowest BCUT2D eigenvalue weighted by molar-refractivity contribution is -0.125. The van der Waals surface area contributed by atoms with Gasteiger partial charge in [0.05, 0.1) is 10.6 Å². The maximum Gasteiger partial charge on any atom is 0.501 e. The second-order valence-corrected chi connectivity index (χ2v) is 7.48. The first-order valence-electron chi connectivity index (χ1n) is 7.61. The van der Waals surface area contributed by atoms with Gasteiger partial charge in [0.1, 0.15) is 0 Å². The van der Waals surface area contributed by atoms with Gasteiger partial charge in [-0.05, 0) is 31.9 Å². The molecule has 0 spiro atoms. The van der Waals surface area contributed by atoms with E-state index in [1.165, 1.54) is 18.2 Å². The number of piperidine rings is 1. The molecular formula is C15H19F3N2O3S. The summed E-state index contributed by atoms with van der Waals surface area (Å²) in [6.45, 7) is 2.98. The van der Waals surface area contributed by atoms with E-state index in [2.05, 4.69) is 5.32 Å². The van der Waals surface area contributed by atoms with Crippen molar-refractivity contribution in [2.45, 2.75) is 30.2 Å². The summed E-state index contributed by atoms with van der Waals surface area (Å²) in [4.78, 5) is 12.7. The Morgan fingerprint density at radius 1 is 1.25 bits per heavy atom. The molecule has 9 heteroatoms. The molecule has 0 saturated carbocycles. The molecule has 1 N–H and O–H groups in total. The normalized spacial score (nSPS) is 16.9. The lowest BCUT2D eigenvalue weighted by atomic mass is 9.95. The van der Waals surface area contributed by atoms with Crippen molar-refractivity contribution in [3.05, 3.63) is 24.3 Å². The maximum atomic E-state index is 12.9. The van der Waals surface area contributed by atoms with Crippen LogP contribution in [0.15, 0.2) is 29.2 Å².